The van der Waals surface area contributed by atoms with E-state index in [1.165, 1.54) is 23.5 Å². The number of carbonyl (C=O) groups excluding carboxylic acids is 2. The molecule has 0 atom stereocenters. The van der Waals surface area contributed by atoms with Gasteiger partial charge in [-0.3, -0.25) is 4.79 Å². The Hall–Kier alpha value is -3.37. The Morgan fingerprint density at radius 1 is 0.971 bits per heavy atom. The van der Waals surface area contributed by atoms with Crippen LogP contribution in [0.3, 0.4) is 0 Å². The fraction of sp³-hybridized carbons (Fsp3) is 0.333. The first-order valence-corrected chi connectivity index (χ1v) is 12.3. The molecule has 0 N–H and O–H groups in total. The summed E-state index contributed by atoms with van der Waals surface area (Å²) in [6.07, 6.45) is 3.84. The van der Waals surface area contributed by atoms with Crippen LogP contribution in [0.25, 0.3) is 0 Å². The minimum absolute atomic E-state index is 0.00808. The van der Waals surface area contributed by atoms with Gasteiger partial charge in [0, 0.05) is 19.0 Å². The summed E-state index contributed by atoms with van der Waals surface area (Å²) in [6.45, 7) is 0.919. The average molecular weight is 487 g/mol. The number of sulfonamides is 1. The minimum Gasteiger partial charge on any atom is -0.467 e. The van der Waals surface area contributed by atoms with Crippen LogP contribution in [0, 0.1) is 5.92 Å². The highest BCUT2D eigenvalue weighted by Crippen LogP contribution is 2.28. The van der Waals surface area contributed by atoms with Crippen LogP contribution >= 0.6 is 0 Å². The molecule has 180 valence electrons. The van der Waals surface area contributed by atoms with E-state index in [1.54, 1.807) is 53.8 Å². The van der Waals surface area contributed by atoms with E-state index < -0.39 is 16.0 Å². The molecule has 0 bridgehead atoms. The van der Waals surface area contributed by atoms with Crippen LogP contribution in [-0.4, -0.2) is 49.7 Å². The molecule has 1 saturated heterocycles. The summed E-state index contributed by atoms with van der Waals surface area (Å²) in [5.74, 6) is 0.168. The Labute approximate surface area is 197 Å². The van der Waals surface area contributed by atoms with Gasteiger partial charge in [0.25, 0.3) is 0 Å². The first-order valence-electron chi connectivity index (χ1n) is 10.9. The number of piperidine rings is 1. The molecule has 0 radical (unpaired) electrons. The van der Waals surface area contributed by atoms with E-state index in [0.29, 0.717) is 24.4 Å². The average Bonchev–Trinajstić information content (AvgIpc) is 3.57. The van der Waals surface area contributed by atoms with Gasteiger partial charge in [-0.05, 0) is 49.2 Å². The van der Waals surface area contributed by atoms with Crippen LogP contribution in [0.15, 0.2) is 74.8 Å². The molecule has 4 rings (SSSR count). The molecule has 34 heavy (non-hydrogen) atoms. The Balaban J connectivity index is 1.47. The third kappa shape index (κ3) is 5.07. The molecular weight excluding hydrogens is 460 g/mol. The molecule has 1 fully saturated rings. The third-order valence-corrected chi connectivity index (χ3v) is 7.84. The molecule has 0 aliphatic carbocycles. The van der Waals surface area contributed by atoms with E-state index in [0.717, 1.165) is 0 Å². The summed E-state index contributed by atoms with van der Waals surface area (Å²) >= 11 is 0. The lowest BCUT2D eigenvalue weighted by atomic mass is 9.96. The van der Waals surface area contributed by atoms with Gasteiger partial charge >= 0.3 is 5.97 Å². The molecule has 1 aliphatic heterocycles. The predicted molar refractivity (Wildman–Crippen MR) is 121 cm³/mol. The fourth-order valence-corrected chi connectivity index (χ4v) is 5.75. The van der Waals surface area contributed by atoms with E-state index in [4.69, 9.17) is 13.6 Å². The van der Waals surface area contributed by atoms with Crippen molar-refractivity contribution in [2.75, 3.05) is 20.2 Å². The summed E-state index contributed by atoms with van der Waals surface area (Å²) < 4.78 is 43.4. The zero-order chi connectivity index (χ0) is 24.1. The van der Waals surface area contributed by atoms with Gasteiger partial charge in [0.15, 0.2) is 0 Å². The SMILES string of the molecule is COC(=O)c1ccccc1S(=O)(=O)N1CCC(C(=O)N(Cc2ccco2)Cc2ccco2)CC1. The van der Waals surface area contributed by atoms with E-state index in [1.807, 2.05) is 0 Å². The lowest BCUT2D eigenvalue weighted by molar-refractivity contribution is -0.138. The fourth-order valence-electron chi connectivity index (χ4n) is 4.10. The highest BCUT2D eigenvalue weighted by Gasteiger charge is 2.36. The van der Waals surface area contributed by atoms with Gasteiger partial charge in [-0.25, -0.2) is 13.2 Å². The summed E-state index contributed by atoms with van der Waals surface area (Å²) in [6, 6.07) is 13.1. The lowest BCUT2D eigenvalue weighted by Crippen LogP contribution is -2.44. The number of amides is 1. The van der Waals surface area contributed by atoms with Crippen molar-refractivity contribution in [2.45, 2.75) is 30.8 Å². The molecule has 10 heteroatoms. The molecular formula is C24H26N2O7S. The molecule has 9 nitrogen and oxygen atoms in total. The Kier molecular flexibility index (Phi) is 7.18. The van der Waals surface area contributed by atoms with E-state index in [-0.39, 0.29) is 48.5 Å². The second-order valence-corrected chi connectivity index (χ2v) is 9.93. The van der Waals surface area contributed by atoms with Gasteiger partial charge in [-0.15, -0.1) is 0 Å². The van der Waals surface area contributed by atoms with Crippen molar-refractivity contribution in [3.8, 4) is 0 Å². The zero-order valence-electron chi connectivity index (χ0n) is 18.8. The second-order valence-electron chi connectivity index (χ2n) is 8.02. The van der Waals surface area contributed by atoms with Gasteiger partial charge in [-0.1, -0.05) is 12.1 Å². The van der Waals surface area contributed by atoms with Gasteiger partial charge in [-0.2, -0.15) is 4.31 Å². The highest BCUT2D eigenvalue weighted by atomic mass is 32.2. The standard InChI is InChI=1S/C24H26N2O7S/c1-31-24(28)21-8-2-3-9-22(21)34(29,30)26-12-10-18(11-13-26)23(27)25(16-19-6-4-14-32-19)17-20-7-5-15-33-20/h2-9,14-15,18H,10-13,16-17H2,1H3. The largest absolute Gasteiger partial charge is 0.467 e. The van der Waals surface area contributed by atoms with Gasteiger partial charge < -0.3 is 18.5 Å². The predicted octanol–water partition coefficient (Wildman–Crippen LogP) is 3.29. The molecule has 2 aromatic heterocycles. The van der Waals surface area contributed by atoms with Gasteiger partial charge in [0.05, 0.1) is 43.2 Å². The number of methoxy groups -OCH3 is 1. The number of nitrogens with zero attached hydrogens (tertiary/aromatic N) is 2. The molecule has 3 heterocycles. The number of ether oxygens (including phenoxy) is 1. The maximum atomic E-state index is 13.4. The maximum Gasteiger partial charge on any atom is 0.339 e. The summed E-state index contributed by atoms with van der Waals surface area (Å²) in [4.78, 5) is 27.0. The smallest absolute Gasteiger partial charge is 0.339 e. The summed E-state index contributed by atoms with van der Waals surface area (Å²) in [5, 5.41) is 0. The molecule has 3 aromatic rings. The number of esters is 1. The number of hydrogen-bond acceptors (Lipinski definition) is 7. The van der Waals surface area contributed by atoms with Crippen LogP contribution in [0.1, 0.15) is 34.7 Å². The minimum atomic E-state index is -3.92. The highest BCUT2D eigenvalue weighted by molar-refractivity contribution is 7.89. The van der Waals surface area contributed by atoms with Crippen molar-refractivity contribution < 1.29 is 31.6 Å². The maximum absolute atomic E-state index is 13.4. The number of carbonyl (C=O) groups is 2. The third-order valence-electron chi connectivity index (χ3n) is 5.88. The van der Waals surface area contributed by atoms with Crippen molar-refractivity contribution in [2.24, 2.45) is 5.92 Å². The second kappa shape index (κ2) is 10.3. The molecule has 0 saturated carbocycles. The van der Waals surface area contributed by atoms with E-state index in [9.17, 15) is 18.0 Å². The lowest BCUT2D eigenvalue weighted by Gasteiger charge is -2.33. The molecule has 0 unspecified atom stereocenters. The molecule has 1 aliphatic rings. The molecule has 0 spiro atoms. The Morgan fingerprint density at radius 2 is 1.56 bits per heavy atom. The molecule has 1 amide bonds. The molecule has 1 aromatic carbocycles. The van der Waals surface area contributed by atoms with Crippen molar-refractivity contribution in [3.63, 3.8) is 0 Å². The Morgan fingerprint density at radius 3 is 2.09 bits per heavy atom. The quantitative estimate of drug-likeness (QED) is 0.449. The van der Waals surface area contributed by atoms with Crippen LogP contribution in [-0.2, 0) is 32.6 Å². The first kappa shape index (κ1) is 23.8. The number of rotatable bonds is 8. The van der Waals surface area contributed by atoms with Crippen molar-refractivity contribution >= 4 is 21.9 Å². The van der Waals surface area contributed by atoms with Crippen LogP contribution in [0.2, 0.25) is 0 Å². The summed E-state index contributed by atoms with van der Waals surface area (Å²) in [7, 11) is -2.71. The number of benzene rings is 1. The number of hydrogen-bond donors (Lipinski definition) is 0. The van der Waals surface area contributed by atoms with E-state index in [2.05, 4.69) is 0 Å². The van der Waals surface area contributed by atoms with Crippen LogP contribution in [0.4, 0.5) is 0 Å². The summed E-state index contributed by atoms with van der Waals surface area (Å²) in [5.41, 5.74) is -0.00808. The zero-order valence-corrected chi connectivity index (χ0v) is 19.6. The Bertz CT molecular complexity index is 1180. The van der Waals surface area contributed by atoms with Crippen LogP contribution in [0.5, 0.6) is 0 Å². The topological polar surface area (TPSA) is 110 Å². The van der Waals surface area contributed by atoms with E-state index >= 15 is 0 Å². The van der Waals surface area contributed by atoms with Gasteiger partial charge in [0.1, 0.15) is 11.5 Å². The van der Waals surface area contributed by atoms with Gasteiger partial charge in [0.2, 0.25) is 15.9 Å². The normalized spacial score (nSPS) is 15.2. The monoisotopic (exact) mass is 486 g/mol. The van der Waals surface area contributed by atoms with Crippen molar-refractivity contribution in [1.29, 1.82) is 0 Å². The van der Waals surface area contributed by atoms with Crippen molar-refractivity contribution in [3.05, 3.63) is 78.1 Å². The first-order chi connectivity index (χ1) is 16.4. The van der Waals surface area contributed by atoms with Crippen molar-refractivity contribution in [1.82, 2.24) is 9.21 Å². The number of furan rings is 2. The van der Waals surface area contributed by atoms with Crippen LogP contribution < -0.4 is 0 Å².